The number of anilines is 1. The van der Waals surface area contributed by atoms with Crippen molar-refractivity contribution in [1.29, 1.82) is 0 Å². The summed E-state index contributed by atoms with van der Waals surface area (Å²) in [5.74, 6) is 0.197. The van der Waals surface area contributed by atoms with Crippen molar-refractivity contribution in [2.24, 2.45) is 0 Å². The van der Waals surface area contributed by atoms with Crippen molar-refractivity contribution in [2.75, 3.05) is 11.9 Å². The molecule has 3 rings (SSSR count). The predicted molar refractivity (Wildman–Crippen MR) is 85.7 cm³/mol. The molecule has 2 aromatic heterocycles. The Morgan fingerprint density at radius 1 is 1.44 bits per heavy atom. The molecule has 3 N–H and O–H groups in total. The molecule has 3 atom stereocenters. The highest BCUT2D eigenvalue weighted by Gasteiger charge is 2.38. The average molecular weight is 347 g/mol. The standard InChI is InChI=1S/C16H17N3O6/c1-9-14(22)11(8-20)25-15(9)19-5-4-12(18-16(19)23)17-13(21)7-10-3-2-6-24-10/h2-6,11,14-15,20,22H,1,7-8H2,(H,17,18,21,23)/t11-,14+,15-/m1/s1. The third kappa shape index (κ3) is 3.53. The van der Waals surface area contributed by atoms with E-state index in [0.717, 1.165) is 4.57 Å². The third-order valence-electron chi connectivity index (χ3n) is 3.80. The number of nitrogens with zero attached hydrogens (tertiary/aromatic N) is 2. The van der Waals surface area contributed by atoms with E-state index >= 15 is 0 Å². The van der Waals surface area contributed by atoms with E-state index in [2.05, 4.69) is 16.9 Å². The summed E-state index contributed by atoms with van der Waals surface area (Å²) < 4.78 is 11.6. The van der Waals surface area contributed by atoms with E-state index < -0.39 is 30.7 Å². The molecule has 0 bridgehead atoms. The van der Waals surface area contributed by atoms with Gasteiger partial charge in [-0.2, -0.15) is 4.98 Å². The summed E-state index contributed by atoms with van der Waals surface area (Å²) in [5.41, 5.74) is -0.440. The molecule has 0 aliphatic carbocycles. The van der Waals surface area contributed by atoms with Crippen LogP contribution in [0.25, 0.3) is 0 Å². The average Bonchev–Trinajstić information content (AvgIpc) is 3.17. The Morgan fingerprint density at radius 3 is 2.84 bits per heavy atom. The monoisotopic (exact) mass is 347 g/mol. The van der Waals surface area contributed by atoms with Crippen LogP contribution in [-0.2, 0) is 16.0 Å². The van der Waals surface area contributed by atoms with Gasteiger partial charge >= 0.3 is 5.69 Å². The number of hydrogen-bond acceptors (Lipinski definition) is 7. The minimum atomic E-state index is -1.07. The molecule has 25 heavy (non-hydrogen) atoms. The second-order valence-electron chi connectivity index (χ2n) is 5.54. The lowest BCUT2D eigenvalue weighted by molar-refractivity contribution is -0.115. The maximum atomic E-state index is 12.2. The summed E-state index contributed by atoms with van der Waals surface area (Å²) >= 11 is 0. The van der Waals surface area contributed by atoms with Gasteiger partial charge in [0.15, 0.2) is 6.23 Å². The van der Waals surface area contributed by atoms with Crippen molar-refractivity contribution < 1.29 is 24.2 Å². The first-order valence-corrected chi connectivity index (χ1v) is 7.54. The van der Waals surface area contributed by atoms with E-state index in [1.807, 2.05) is 0 Å². The van der Waals surface area contributed by atoms with Crippen molar-refractivity contribution in [2.45, 2.75) is 24.9 Å². The molecule has 0 unspecified atom stereocenters. The van der Waals surface area contributed by atoms with Crippen molar-refractivity contribution in [3.8, 4) is 0 Å². The van der Waals surface area contributed by atoms with Crippen LogP contribution in [0.5, 0.6) is 0 Å². The Balaban J connectivity index is 1.72. The zero-order chi connectivity index (χ0) is 18.0. The van der Waals surface area contributed by atoms with E-state index in [1.54, 1.807) is 12.1 Å². The highest BCUT2D eigenvalue weighted by molar-refractivity contribution is 5.90. The van der Waals surface area contributed by atoms with Crippen molar-refractivity contribution >= 4 is 11.7 Å². The molecule has 9 nitrogen and oxygen atoms in total. The topological polar surface area (TPSA) is 127 Å². The highest BCUT2D eigenvalue weighted by Crippen LogP contribution is 2.31. The summed E-state index contributed by atoms with van der Waals surface area (Å²) in [7, 11) is 0. The fraction of sp³-hybridized carbons (Fsp3) is 0.312. The SMILES string of the molecule is C=C1[C@H](n2ccc(NC(=O)Cc3ccco3)nc2=O)O[C@H](CO)[C@H]1O. The molecule has 0 saturated carbocycles. The number of hydrogen-bond donors (Lipinski definition) is 3. The van der Waals surface area contributed by atoms with Crippen LogP contribution >= 0.6 is 0 Å². The molecule has 1 aliphatic rings. The number of ether oxygens (including phenoxy) is 1. The van der Waals surface area contributed by atoms with E-state index in [0.29, 0.717) is 5.76 Å². The molecule has 1 amide bonds. The van der Waals surface area contributed by atoms with Crippen molar-refractivity contribution in [3.63, 3.8) is 0 Å². The van der Waals surface area contributed by atoms with Gasteiger partial charge in [-0.3, -0.25) is 9.36 Å². The van der Waals surface area contributed by atoms with Crippen LogP contribution in [0.4, 0.5) is 5.82 Å². The molecule has 3 heterocycles. The lowest BCUT2D eigenvalue weighted by Gasteiger charge is -2.15. The molecule has 2 aromatic rings. The third-order valence-corrected chi connectivity index (χ3v) is 3.80. The molecule has 1 aliphatic heterocycles. The lowest BCUT2D eigenvalue weighted by Crippen LogP contribution is -2.29. The summed E-state index contributed by atoms with van der Waals surface area (Å²) in [6.07, 6.45) is 0.00164. The van der Waals surface area contributed by atoms with Gasteiger partial charge in [0.05, 0.1) is 19.3 Å². The summed E-state index contributed by atoms with van der Waals surface area (Å²) in [5, 5.41) is 21.5. The minimum Gasteiger partial charge on any atom is -0.469 e. The molecule has 9 heteroatoms. The second-order valence-corrected chi connectivity index (χ2v) is 5.54. The molecular weight excluding hydrogens is 330 g/mol. The molecule has 0 radical (unpaired) electrons. The van der Waals surface area contributed by atoms with Gasteiger partial charge in [0.2, 0.25) is 5.91 Å². The van der Waals surface area contributed by atoms with Crippen molar-refractivity contribution in [3.05, 3.63) is 59.1 Å². The van der Waals surface area contributed by atoms with E-state index in [4.69, 9.17) is 14.3 Å². The molecular formula is C16H17N3O6. The summed E-state index contributed by atoms with van der Waals surface area (Å²) in [4.78, 5) is 27.9. The maximum Gasteiger partial charge on any atom is 0.351 e. The van der Waals surface area contributed by atoms with Gasteiger partial charge in [0.1, 0.15) is 23.8 Å². The molecule has 1 fully saturated rings. The molecule has 1 saturated heterocycles. The van der Waals surface area contributed by atoms with E-state index in [-0.39, 0.29) is 23.7 Å². The largest absolute Gasteiger partial charge is 0.469 e. The van der Waals surface area contributed by atoms with Crippen LogP contribution in [0.1, 0.15) is 12.0 Å². The first kappa shape index (κ1) is 17.1. The normalized spacial score (nSPS) is 23.0. The maximum absolute atomic E-state index is 12.2. The highest BCUT2D eigenvalue weighted by atomic mass is 16.5. The lowest BCUT2D eigenvalue weighted by atomic mass is 10.1. The first-order valence-electron chi connectivity index (χ1n) is 7.54. The molecule has 132 valence electrons. The van der Waals surface area contributed by atoms with Crippen LogP contribution in [0, 0.1) is 0 Å². The van der Waals surface area contributed by atoms with Gasteiger partial charge in [0, 0.05) is 11.8 Å². The number of rotatable bonds is 5. The smallest absolute Gasteiger partial charge is 0.351 e. The number of amides is 1. The first-order chi connectivity index (χ1) is 12.0. The Kier molecular flexibility index (Phi) is 4.79. The summed E-state index contributed by atoms with van der Waals surface area (Å²) in [6, 6.07) is 4.76. The van der Waals surface area contributed by atoms with Gasteiger partial charge < -0.3 is 24.7 Å². The zero-order valence-electron chi connectivity index (χ0n) is 13.2. The summed E-state index contributed by atoms with van der Waals surface area (Å²) in [6.45, 7) is 3.29. The molecule has 0 aromatic carbocycles. The van der Waals surface area contributed by atoms with Gasteiger partial charge in [-0.15, -0.1) is 0 Å². The number of furan rings is 1. The fourth-order valence-corrected chi connectivity index (χ4v) is 2.52. The quantitative estimate of drug-likeness (QED) is 0.641. The Hall–Kier alpha value is -2.75. The van der Waals surface area contributed by atoms with Crippen LogP contribution in [0.2, 0.25) is 0 Å². The fourth-order valence-electron chi connectivity index (χ4n) is 2.52. The number of aliphatic hydroxyl groups is 2. The number of aromatic nitrogens is 2. The van der Waals surface area contributed by atoms with Crippen LogP contribution in [0.3, 0.4) is 0 Å². The Bertz CT molecular complexity index is 829. The Labute approximate surface area is 142 Å². The van der Waals surface area contributed by atoms with Crippen LogP contribution in [-0.4, -0.2) is 44.5 Å². The van der Waals surface area contributed by atoms with Gasteiger partial charge in [-0.1, -0.05) is 6.58 Å². The number of nitrogens with one attached hydrogen (secondary N) is 1. The van der Waals surface area contributed by atoms with Gasteiger partial charge in [-0.25, -0.2) is 4.79 Å². The second kappa shape index (κ2) is 7.01. The number of carbonyl (C=O) groups excluding carboxylic acids is 1. The Morgan fingerprint density at radius 2 is 2.24 bits per heavy atom. The zero-order valence-corrected chi connectivity index (χ0v) is 13.2. The van der Waals surface area contributed by atoms with Crippen LogP contribution < -0.4 is 11.0 Å². The van der Waals surface area contributed by atoms with Gasteiger partial charge in [-0.05, 0) is 18.2 Å². The predicted octanol–water partition coefficient (Wildman–Crippen LogP) is -0.176. The van der Waals surface area contributed by atoms with E-state index in [9.17, 15) is 14.7 Å². The van der Waals surface area contributed by atoms with Gasteiger partial charge in [0.25, 0.3) is 0 Å². The number of aliphatic hydroxyl groups excluding tert-OH is 2. The van der Waals surface area contributed by atoms with E-state index in [1.165, 1.54) is 18.5 Å². The minimum absolute atomic E-state index is 0.0185. The molecule has 0 spiro atoms. The van der Waals surface area contributed by atoms with Crippen molar-refractivity contribution in [1.82, 2.24) is 9.55 Å². The van der Waals surface area contributed by atoms with Crippen LogP contribution in [0.15, 0.2) is 52.0 Å². The number of carbonyl (C=O) groups is 1.